The molecule has 0 N–H and O–H groups in total. The summed E-state index contributed by atoms with van der Waals surface area (Å²) in [5.41, 5.74) is 24.7. The highest BCUT2D eigenvalue weighted by molar-refractivity contribution is 7.25. The predicted octanol–water partition coefficient (Wildman–Crippen LogP) is 17.1. The highest BCUT2D eigenvalue weighted by Gasteiger charge is 2.58. The van der Waals surface area contributed by atoms with Gasteiger partial charge >= 0.3 is 0 Å². The Morgan fingerprint density at radius 3 is 1.90 bits per heavy atom. The fourth-order valence-electron chi connectivity index (χ4n) is 13.9. The Labute approximate surface area is 432 Å². The summed E-state index contributed by atoms with van der Waals surface area (Å²) in [6.07, 6.45) is 4.86. The third kappa shape index (κ3) is 6.54. The second kappa shape index (κ2) is 15.7. The molecule has 9 aromatic rings. The summed E-state index contributed by atoms with van der Waals surface area (Å²) >= 11 is 1.90. The van der Waals surface area contributed by atoms with E-state index < -0.39 is 0 Å². The quantitative estimate of drug-likeness (QED) is 0.163. The van der Waals surface area contributed by atoms with E-state index in [4.69, 9.17) is 0 Å². The number of rotatable bonds is 4. The summed E-state index contributed by atoms with van der Waals surface area (Å²) in [5, 5.41) is 2.65. The zero-order valence-corrected chi connectivity index (χ0v) is 44.9. The molecule has 358 valence electrons. The molecule has 4 aliphatic rings. The number of anilines is 8. The van der Waals surface area contributed by atoms with Crippen LogP contribution < -0.4 is 31.1 Å². The van der Waals surface area contributed by atoms with Crippen LogP contribution in [0.1, 0.15) is 114 Å². The summed E-state index contributed by atoms with van der Waals surface area (Å²) in [7, 11) is 0. The SMILES string of the molecule is Cc1cc2c3c(c1)N(c1ccc(C(C)(C)C)cc1-c1ccccc1)c1cc(N4c5cc(C)cc(C)c5C5(C)CCCCC45C)ccc1B3c1cc(C(C)(C)C)ccc1N2c1ccc2c(c1)sc1ccccc12. The Balaban J connectivity index is 1.12. The van der Waals surface area contributed by atoms with Crippen LogP contribution in [-0.2, 0) is 16.2 Å². The lowest BCUT2D eigenvalue weighted by molar-refractivity contribution is 0.194. The Kier molecular flexibility index (Phi) is 9.90. The van der Waals surface area contributed by atoms with Gasteiger partial charge in [0, 0.05) is 71.0 Å². The van der Waals surface area contributed by atoms with E-state index in [1.807, 2.05) is 11.3 Å². The minimum Gasteiger partial charge on any atom is -0.334 e. The first-order chi connectivity index (χ1) is 34.4. The molecular formula is C67H66BN3S. The molecule has 5 heteroatoms. The first-order valence-corrected chi connectivity index (χ1v) is 27.3. The number of benzene rings is 8. The molecule has 8 aromatic carbocycles. The topological polar surface area (TPSA) is 9.72 Å². The molecule has 2 atom stereocenters. The monoisotopic (exact) mass is 956 g/mol. The lowest BCUT2D eigenvalue weighted by atomic mass is 9.33. The summed E-state index contributed by atoms with van der Waals surface area (Å²) in [5.74, 6) is 0. The van der Waals surface area contributed by atoms with E-state index in [0.29, 0.717) is 0 Å². The predicted molar refractivity (Wildman–Crippen MR) is 313 cm³/mol. The van der Waals surface area contributed by atoms with E-state index in [9.17, 15) is 0 Å². The van der Waals surface area contributed by atoms with Gasteiger partial charge in [-0.25, -0.2) is 0 Å². The zero-order chi connectivity index (χ0) is 49.8. The van der Waals surface area contributed by atoms with Crippen LogP contribution in [0.5, 0.6) is 0 Å². The van der Waals surface area contributed by atoms with Crippen molar-refractivity contribution >= 4 is 100 Å². The Bertz CT molecular complexity index is 3720. The van der Waals surface area contributed by atoms with Crippen molar-refractivity contribution in [1.82, 2.24) is 0 Å². The summed E-state index contributed by atoms with van der Waals surface area (Å²) < 4.78 is 2.64. The summed E-state index contributed by atoms with van der Waals surface area (Å²) in [6, 6.07) is 59.4. The first kappa shape index (κ1) is 45.3. The van der Waals surface area contributed by atoms with E-state index in [1.54, 1.807) is 5.56 Å². The lowest BCUT2D eigenvalue weighted by Crippen LogP contribution is -2.61. The van der Waals surface area contributed by atoms with Crippen LogP contribution in [0.4, 0.5) is 45.5 Å². The van der Waals surface area contributed by atoms with Crippen LogP contribution in [0, 0.1) is 20.8 Å². The van der Waals surface area contributed by atoms with Gasteiger partial charge in [-0.1, -0.05) is 146 Å². The Morgan fingerprint density at radius 2 is 1.14 bits per heavy atom. The van der Waals surface area contributed by atoms with E-state index in [-0.39, 0.29) is 28.5 Å². The van der Waals surface area contributed by atoms with Gasteiger partial charge in [0.05, 0.1) is 11.2 Å². The van der Waals surface area contributed by atoms with E-state index >= 15 is 0 Å². The van der Waals surface area contributed by atoms with Crippen molar-refractivity contribution < 1.29 is 0 Å². The van der Waals surface area contributed by atoms with Crippen LogP contribution in [0.25, 0.3) is 31.3 Å². The highest BCUT2D eigenvalue weighted by Crippen LogP contribution is 2.62. The molecule has 0 spiro atoms. The van der Waals surface area contributed by atoms with Crippen LogP contribution in [0.2, 0.25) is 0 Å². The van der Waals surface area contributed by atoms with Crippen LogP contribution in [0.3, 0.4) is 0 Å². The number of aryl methyl sites for hydroxylation is 3. The third-order valence-electron chi connectivity index (χ3n) is 17.7. The van der Waals surface area contributed by atoms with Crippen molar-refractivity contribution in [3.63, 3.8) is 0 Å². The number of nitrogens with zero attached hydrogens (tertiary/aromatic N) is 3. The van der Waals surface area contributed by atoms with Gasteiger partial charge in [0.2, 0.25) is 0 Å². The maximum Gasteiger partial charge on any atom is 0.252 e. The zero-order valence-electron chi connectivity index (χ0n) is 44.1. The molecule has 0 amide bonds. The van der Waals surface area contributed by atoms with Crippen molar-refractivity contribution in [2.45, 2.75) is 124 Å². The molecule has 4 heterocycles. The Hall–Kier alpha value is -6.56. The normalized spacial score (nSPS) is 19.1. The molecule has 0 saturated heterocycles. The van der Waals surface area contributed by atoms with Gasteiger partial charge in [0.25, 0.3) is 6.71 Å². The van der Waals surface area contributed by atoms with Crippen molar-refractivity contribution in [3.05, 3.63) is 185 Å². The maximum atomic E-state index is 2.80. The third-order valence-corrected chi connectivity index (χ3v) is 18.8. The molecule has 0 bridgehead atoms. The fraction of sp³-hybridized carbons (Fsp3) is 0.284. The van der Waals surface area contributed by atoms with Crippen LogP contribution in [-0.4, -0.2) is 12.3 Å². The molecular weight excluding hydrogens is 890 g/mol. The van der Waals surface area contributed by atoms with E-state index in [0.717, 1.165) is 6.42 Å². The minimum atomic E-state index is -0.0832. The van der Waals surface area contributed by atoms with Crippen molar-refractivity contribution in [2.75, 3.05) is 14.7 Å². The molecule has 1 aliphatic carbocycles. The minimum absolute atomic E-state index is 0.00239. The van der Waals surface area contributed by atoms with Gasteiger partial charge < -0.3 is 14.7 Å². The number of hydrogen-bond donors (Lipinski definition) is 0. The molecule has 1 aromatic heterocycles. The van der Waals surface area contributed by atoms with Crippen molar-refractivity contribution in [3.8, 4) is 11.1 Å². The van der Waals surface area contributed by atoms with Crippen LogP contribution >= 0.6 is 11.3 Å². The van der Waals surface area contributed by atoms with E-state index in [1.165, 1.54) is 140 Å². The largest absolute Gasteiger partial charge is 0.334 e. The fourth-order valence-corrected chi connectivity index (χ4v) is 15.1. The molecule has 72 heavy (non-hydrogen) atoms. The molecule has 1 saturated carbocycles. The standard InChI is InChI=1S/C67H66BN3S/c1-41-33-43(3)62-57(34-41)71(67(11)32-18-17-31-66(62,67)10)48-26-28-52-56(39-48)70(54-29-23-45(64(4,5)6)37-51(54)44-19-13-12-14-20-44)59-36-42(2)35-58-63(59)68(52)53-38-46(65(7,8)9)24-30-55(53)69(58)47-25-27-50-49-21-15-16-22-60(49)72-61(50)40-47/h12-16,19-30,33-40H,17-18,31-32H2,1-11H3. The number of hydrogen-bond acceptors (Lipinski definition) is 4. The Morgan fingerprint density at radius 1 is 0.500 bits per heavy atom. The molecule has 13 rings (SSSR count). The molecule has 0 radical (unpaired) electrons. The smallest absolute Gasteiger partial charge is 0.252 e. The molecule has 3 nitrogen and oxygen atoms in total. The molecule has 3 aliphatic heterocycles. The average Bonchev–Trinajstić information content (AvgIpc) is 3.82. The van der Waals surface area contributed by atoms with Gasteiger partial charge in [-0.3, -0.25) is 0 Å². The van der Waals surface area contributed by atoms with E-state index in [2.05, 4.69) is 243 Å². The second-order valence-corrected chi connectivity index (χ2v) is 25.4. The van der Waals surface area contributed by atoms with Gasteiger partial charge in [-0.2, -0.15) is 0 Å². The molecule has 2 unspecified atom stereocenters. The number of fused-ring (bicyclic) bond motifs is 10. The maximum absolute atomic E-state index is 2.80. The van der Waals surface area contributed by atoms with Gasteiger partial charge in [0.15, 0.2) is 0 Å². The van der Waals surface area contributed by atoms with Gasteiger partial charge in [-0.15, -0.1) is 11.3 Å². The average molecular weight is 956 g/mol. The molecule has 1 fully saturated rings. The summed E-state index contributed by atoms with van der Waals surface area (Å²) in [6.45, 7) is 26.2. The van der Waals surface area contributed by atoms with Crippen molar-refractivity contribution in [2.24, 2.45) is 0 Å². The lowest BCUT2D eigenvalue weighted by Gasteiger charge is -2.51. The number of thiophene rings is 1. The van der Waals surface area contributed by atoms with Gasteiger partial charge in [-0.05, 0) is 173 Å². The summed E-state index contributed by atoms with van der Waals surface area (Å²) in [4.78, 5) is 8.09. The first-order valence-electron chi connectivity index (χ1n) is 26.5. The van der Waals surface area contributed by atoms with Crippen molar-refractivity contribution in [1.29, 1.82) is 0 Å². The van der Waals surface area contributed by atoms with Crippen LogP contribution in [0.15, 0.2) is 152 Å². The van der Waals surface area contributed by atoms with Gasteiger partial charge in [0.1, 0.15) is 0 Å². The highest BCUT2D eigenvalue weighted by atomic mass is 32.1. The second-order valence-electron chi connectivity index (χ2n) is 24.3.